The number of hydrogen-bond donors (Lipinski definition) is 0. The van der Waals surface area contributed by atoms with Gasteiger partial charge in [0, 0.05) is 0 Å². The molecule has 0 amide bonds. The maximum absolute atomic E-state index is 12.9. The molecule has 5 heteroatoms. The van der Waals surface area contributed by atoms with E-state index in [1.54, 1.807) is 24.3 Å². The third-order valence-electron chi connectivity index (χ3n) is 8.76. The first-order chi connectivity index (χ1) is 19.4. The second-order valence-corrected chi connectivity index (χ2v) is 26.1. The topological polar surface area (TPSA) is 52.6 Å². The minimum atomic E-state index is -2.43. The number of unbranched alkanes of at least 4 members (excludes halogenated alkanes) is 3. The number of esters is 2. The van der Waals surface area contributed by atoms with E-state index >= 15 is 0 Å². The number of allylic oxidation sites excluding steroid dienone is 1. The Labute approximate surface area is 246 Å². The Kier molecular flexibility index (Phi) is 13.3. The van der Waals surface area contributed by atoms with Crippen LogP contribution in [-0.4, -0.2) is 43.5 Å². The third kappa shape index (κ3) is 9.49. The summed E-state index contributed by atoms with van der Waals surface area (Å²) >= 11 is -2.43. The molecule has 0 radical (unpaired) electrons. The van der Waals surface area contributed by atoms with Crippen LogP contribution in [0.3, 0.4) is 0 Å². The number of hydrogen-bond acceptors (Lipinski definition) is 4. The zero-order valence-corrected chi connectivity index (χ0v) is 27.9. The van der Waals surface area contributed by atoms with Crippen LogP contribution in [0, 0.1) is 11.3 Å². The van der Waals surface area contributed by atoms with E-state index in [0.717, 1.165) is 12.8 Å². The van der Waals surface area contributed by atoms with E-state index in [-0.39, 0.29) is 25.2 Å². The molecule has 0 heterocycles. The van der Waals surface area contributed by atoms with Crippen molar-refractivity contribution >= 4 is 30.3 Å². The molecule has 2 aromatic rings. The Morgan fingerprint density at radius 2 is 1.20 bits per heavy atom. The van der Waals surface area contributed by atoms with Crippen LogP contribution < -0.4 is 0 Å². The van der Waals surface area contributed by atoms with Crippen molar-refractivity contribution in [2.45, 2.75) is 89.9 Å². The zero-order valence-electron chi connectivity index (χ0n) is 25.1. The van der Waals surface area contributed by atoms with E-state index in [9.17, 15) is 9.59 Å². The van der Waals surface area contributed by atoms with Gasteiger partial charge in [0.05, 0.1) is 0 Å². The van der Waals surface area contributed by atoms with Gasteiger partial charge in [-0.3, -0.25) is 0 Å². The molecule has 0 aromatic heterocycles. The van der Waals surface area contributed by atoms with Crippen LogP contribution in [0.5, 0.6) is 0 Å². The summed E-state index contributed by atoms with van der Waals surface area (Å²) in [7, 11) is 0. The van der Waals surface area contributed by atoms with Crippen molar-refractivity contribution in [3.8, 4) is 0 Å². The molecular formula is C35H50O4Sn. The van der Waals surface area contributed by atoms with E-state index in [0.29, 0.717) is 17.0 Å². The molecule has 1 atom stereocenters. The van der Waals surface area contributed by atoms with E-state index in [1.165, 1.54) is 61.8 Å². The molecule has 1 fully saturated rings. The van der Waals surface area contributed by atoms with Gasteiger partial charge >= 0.3 is 248 Å². The van der Waals surface area contributed by atoms with Crippen molar-refractivity contribution in [3.05, 3.63) is 83.9 Å². The number of carbonyl (C=O) groups is 2. The fourth-order valence-corrected chi connectivity index (χ4v) is 24.0. The average molecular weight is 653 g/mol. The predicted octanol–water partition coefficient (Wildman–Crippen LogP) is 9.50. The fraction of sp³-hybridized carbons (Fsp3) is 0.543. The number of carbonyl (C=O) groups excluding carboxylic acids is 2. The summed E-state index contributed by atoms with van der Waals surface area (Å²) in [6.45, 7) is 12.0. The third-order valence-corrected chi connectivity index (χ3v) is 24.7. The van der Waals surface area contributed by atoms with Crippen LogP contribution in [0.25, 0.3) is 0 Å². The van der Waals surface area contributed by atoms with Gasteiger partial charge in [-0.15, -0.1) is 0 Å². The first-order valence-electron chi connectivity index (χ1n) is 15.5. The van der Waals surface area contributed by atoms with Crippen molar-refractivity contribution in [1.82, 2.24) is 0 Å². The molecule has 1 aliphatic rings. The van der Waals surface area contributed by atoms with E-state index in [2.05, 4.69) is 27.4 Å². The Balaban J connectivity index is 1.81. The first kappa shape index (κ1) is 32.4. The molecule has 0 aliphatic heterocycles. The van der Waals surface area contributed by atoms with Crippen LogP contribution in [-0.2, 0) is 9.47 Å². The van der Waals surface area contributed by atoms with Crippen LogP contribution in [0.2, 0.25) is 17.7 Å². The average Bonchev–Trinajstić information content (AvgIpc) is 3.30. The summed E-state index contributed by atoms with van der Waals surface area (Å²) in [4.78, 5) is 25.8. The van der Waals surface area contributed by atoms with Crippen molar-refractivity contribution in [3.63, 3.8) is 0 Å². The van der Waals surface area contributed by atoms with Gasteiger partial charge in [0.15, 0.2) is 0 Å². The molecule has 3 rings (SSSR count). The van der Waals surface area contributed by atoms with Crippen LogP contribution in [0.15, 0.2) is 72.8 Å². The molecule has 0 bridgehead atoms. The normalized spacial score (nSPS) is 16.6. The molecular weight excluding hydrogens is 603 g/mol. The Morgan fingerprint density at radius 1 is 0.775 bits per heavy atom. The van der Waals surface area contributed by atoms with Crippen LogP contribution in [0.4, 0.5) is 0 Å². The van der Waals surface area contributed by atoms with Gasteiger partial charge in [-0.2, -0.15) is 0 Å². The van der Waals surface area contributed by atoms with E-state index < -0.39 is 23.8 Å². The Morgan fingerprint density at radius 3 is 1.60 bits per heavy atom. The van der Waals surface area contributed by atoms with Crippen molar-refractivity contribution in [1.29, 1.82) is 0 Å². The summed E-state index contributed by atoms with van der Waals surface area (Å²) < 4.78 is 17.6. The van der Waals surface area contributed by atoms with Crippen molar-refractivity contribution in [2.75, 3.05) is 13.2 Å². The minimum absolute atomic E-state index is 0.236. The monoisotopic (exact) mass is 654 g/mol. The summed E-state index contributed by atoms with van der Waals surface area (Å²) in [5.74, 6) is -0.233. The number of rotatable bonds is 17. The first-order valence-corrected chi connectivity index (χ1v) is 23.5. The number of ether oxygens (including phenoxy) is 2. The van der Waals surface area contributed by atoms with Crippen LogP contribution >= 0.6 is 0 Å². The molecule has 0 spiro atoms. The Hall–Kier alpha value is -2.08. The fourth-order valence-electron chi connectivity index (χ4n) is 6.45. The van der Waals surface area contributed by atoms with Crippen LogP contribution in [0.1, 0.15) is 92.9 Å². The van der Waals surface area contributed by atoms with Gasteiger partial charge < -0.3 is 0 Å². The summed E-state index contributed by atoms with van der Waals surface area (Å²) in [6.07, 6.45) is 9.43. The molecule has 1 unspecified atom stereocenters. The second-order valence-electron chi connectivity index (χ2n) is 12.1. The molecule has 0 N–H and O–H groups in total. The van der Waals surface area contributed by atoms with Crippen molar-refractivity contribution in [2.24, 2.45) is 11.3 Å². The summed E-state index contributed by atoms with van der Waals surface area (Å²) in [5.41, 5.74) is 1.91. The molecule has 1 aliphatic carbocycles. The second kappa shape index (κ2) is 16.4. The molecule has 1 saturated carbocycles. The van der Waals surface area contributed by atoms with E-state index in [1.807, 2.05) is 36.4 Å². The van der Waals surface area contributed by atoms with Gasteiger partial charge in [-0.25, -0.2) is 0 Å². The van der Waals surface area contributed by atoms with Gasteiger partial charge in [-0.1, -0.05) is 0 Å². The quantitative estimate of drug-likeness (QED) is 0.0970. The number of benzene rings is 2. The standard InChI is InChI=1S/C23H23O4.3C4H9.Sn/c1-17-13-23(14-18(17)2,15-26-21(24)19-9-5-3-6-10-19)16-27-22(25)20-11-7-4-8-12-20;3*1-3-4-2;/h3-12,17H,1-2,13-16H2;3*1,3-4H2,2H3;. The van der Waals surface area contributed by atoms with Crippen molar-refractivity contribution < 1.29 is 19.1 Å². The summed E-state index contributed by atoms with van der Waals surface area (Å²) in [6, 6.07) is 18.3. The molecule has 0 saturated heterocycles. The summed E-state index contributed by atoms with van der Waals surface area (Å²) in [5, 5.41) is 0. The molecule has 2 aromatic carbocycles. The van der Waals surface area contributed by atoms with Gasteiger partial charge in [0.25, 0.3) is 0 Å². The van der Waals surface area contributed by atoms with Gasteiger partial charge in [0.1, 0.15) is 0 Å². The zero-order chi connectivity index (χ0) is 28.8. The van der Waals surface area contributed by atoms with Gasteiger partial charge in [0.2, 0.25) is 0 Å². The Bertz CT molecular complexity index is 988. The van der Waals surface area contributed by atoms with E-state index in [4.69, 9.17) is 9.47 Å². The molecule has 40 heavy (non-hydrogen) atoms. The molecule has 218 valence electrons. The predicted molar refractivity (Wildman–Crippen MR) is 167 cm³/mol. The SMILES string of the molecule is C=C1CC(COC(=O)c2ccccc2)(COC(=O)c2ccccc2)CC1[CH2][Sn]([CH2]CCC)([CH2]CCC)[CH2]CCC. The molecule has 4 nitrogen and oxygen atoms in total. The maximum atomic E-state index is 12.9. The van der Waals surface area contributed by atoms with Gasteiger partial charge in [-0.05, 0) is 0 Å².